The van der Waals surface area contributed by atoms with Gasteiger partial charge in [0.25, 0.3) is 0 Å². The smallest absolute Gasteiger partial charge is 0.303 e. The molecule has 0 aliphatic rings. The van der Waals surface area contributed by atoms with Crippen molar-refractivity contribution in [3.63, 3.8) is 0 Å². The number of carbonyl (C=O) groups is 1. The van der Waals surface area contributed by atoms with Crippen molar-refractivity contribution in [2.24, 2.45) is 0 Å². The lowest BCUT2D eigenvalue weighted by Crippen LogP contribution is -2.10. The van der Waals surface area contributed by atoms with Crippen LogP contribution in [0.4, 0.5) is 0 Å². The summed E-state index contributed by atoms with van der Waals surface area (Å²) in [7, 11) is 0. The molecule has 0 bridgehead atoms. The zero-order valence-corrected chi connectivity index (χ0v) is 7.14. The molecule has 0 saturated heterocycles. The highest BCUT2D eigenvalue weighted by molar-refractivity contribution is 5.69. The van der Waals surface area contributed by atoms with E-state index in [2.05, 4.69) is 13.8 Å². The van der Waals surface area contributed by atoms with Crippen molar-refractivity contribution >= 4 is 5.97 Å². The molecule has 0 heterocycles. The van der Waals surface area contributed by atoms with Gasteiger partial charge in [0.1, 0.15) is 0 Å². The highest BCUT2D eigenvalue weighted by Crippen LogP contribution is 2.01. The fourth-order valence-electron chi connectivity index (χ4n) is 0.729. The topological polar surface area (TPSA) is 26.3 Å². The minimum atomic E-state index is -0.234. The van der Waals surface area contributed by atoms with Gasteiger partial charge in [-0.1, -0.05) is 13.3 Å². The number of rotatable bonds is 5. The van der Waals surface area contributed by atoms with Crippen LogP contribution in [0.5, 0.6) is 0 Å². The standard InChI is InChI=1S/C9H16O2/c1-4-5-6-7-9(10)11-8(2)3/h8H,1-2,4-7H2,3H3/q-2/t8-/m1/s1. The summed E-state index contributed by atoms with van der Waals surface area (Å²) in [5.74, 6) is -0.152. The minimum Gasteiger partial charge on any atom is -0.496 e. The SMILES string of the molecule is [CH2-]CCCCC(=O)O[C@H]([CH2-])C. The molecule has 2 nitrogen and oxygen atoms in total. The zero-order valence-electron chi connectivity index (χ0n) is 7.14. The lowest BCUT2D eigenvalue weighted by atomic mass is 10.2. The van der Waals surface area contributed by atoms with E-state index in [0.717, 1.165) is 19.3 Å². The summed E-state index contributed by atoms with van der Waals surface area (Å²) in [5, 5.41) is 0. The van der Waals surface area contributed by atoms with E-state index in [4.69, 9.17) is 4.74 Å². The second kappa shape index (κ2) is 6.20. The summed E-state index contributed by atoms with van der Waals surface area (Å²) in [4.78, 5) is 10.8. The fraction of sp³-hybridized carbons (Fsp3) is 0.667. The minimum absolute atomic E-state index is 0.152. The van der Waals surface area contributed by atoms with Crippen molar-refractivity contribution in [2.75, 3.05) is 0 Å². The van der Waals surface area contributed by atoms with Gasteiger partial charge in [-0.3, -0.25) is 4.79 Å². The molecular weight excluding hydrogens is 140 g/mol. The van der Waals surface area contributed by atoms with Gasteiger partial charge in [-0.2, -0.15) is 6.42 Å². The van der Waals surface area contributed by atoms with Gasteiger partial charge >= 0.3 is 5.97 Å². The molecule has 0 radical (unpaired) electrons. The molecule has 11 heavy (non-hydrogen) atoms. The molecule has 66 valence electrons. The maximum atomic E-state index is 10.8. The van der Waals surface area contributed by atoms with Crippen molar-refractivity contribution in [1.82, 2.24) is 0 Å². The Morgan fingerprint density at radius 3 is 2.64 bits per heavy atom. The van der Waals surface area contributed by atoms with Crippen molar-refractivity contribution in [1.29, 1.82) is 0 Å². The highest BCUT2D eigenvalue weighted by atomic mass is 16.5. The Balaban J connectivity index is 3.23. The Morgan fingerprint density at radius 2 is 2.18 bits per heavy atom. The molecule has 0 N–H and O–H groups in total. The van der Waals surface area contributed by atoms with Gasteiger partial charge in [0.2, 0.25) is 0 Å². The molecule has 0 saturated carbocycles. The maximum absolute atomic E-state index is 10.8. The van der Waals surface area contributed by atoms with Crippen molar-refractivity contribution in [3.8, 4) is 0 Å². The van der Waals surface area contributed by atoms with Crippen LogP contribution in [-0.2, 0) is 9.53 Å². The molecule has 0 amide bonds. The van der Waals surface area contributed by atoms with Crippen LogP contribution in [-0.4, -0.2) is 12.1 Å². The van der Waals surface area contributed by atoms with Gasteiger partial charge in [0, 0.05) is 6.42 Å². The van der Waals surface area contributed by atoms with Crippen LogP contribution in [0.2, 0.25) is 0 Å². The molecule has 0 fully saturated rings. The predicted octanol–water partition coefficient (Wildman–Crippen LogP) is 2.15. The second-order valence-corrected chi connectivity index (χ2v) is 2.61. The van der Waals surface area contributed by atoms with E-state index in [1.54, 1.807) is 6.92 Å². The van der Waals surface area contributed by atoms with Gasteiger partial charge < -0.3 is 18.6 Å². The molecule has 0 aromatic carbocycles. The first-order valence-corrected chi connectivity index (χ1v) is 3.98. The lowest BCUT2D eigenvalue weighted by Gasteiger charge is -2.12. The molecule has 0 spiro atoms. The monoisotopic (exact) mass is 156 g/mol. The van der Waals surface area contributed by atoms with E-state index in [-0.39, 0.29) is 12.1 Å². The third-order valence-electron chi connectivity index (χ3n) is 1.21. The van der Waals surface area contributed by atoms with Crippen molar-refractivity contribution in [3.05, 3.63) is 13.8 Å². The van der Waals surface area contributed by atoms with Crippen LogP contribution in [0.15, 0.2) is 0 Å². The van der Waals surface area contributed by atoms with Crippen molar-refractivity contribution < 1.29 is 9.53 Å². The maximum Gasteiger partial charge on any atom is 0.303 e. The molecule has 1 atom stereocenters. The van der Waals surface area contributed by atoms with Crippen LogP contribution >= 0.6 is 0 Å². The van der Waals surface area contributed by atoms with Crippen LogP contribution in [0, 0.1) is 13.8 Å². The van der Waals surface area contributed by atoms with Crippen LogP contribution in [0.3, 0.4) is 0 Å². The molecule has 0 unspecified atom stereocenters. The Morgan fingerprint density at radius 1 is 1.55 bits per heavy atom. The normalized spacial score (nSPS) is 12.6. The molecular formula is C9H16O2-2. The van der Waals surface area contributed by atoms with Gasteiger partial charge in [0.05, 0.1) is 0 Å². The van der Waals surface area contributed by atoms with E-state index in [0.29, 0.717) is 6.42 Å². The summed E-state index contributed by atoms with van der Waals surface area (Å²) >= 11 is 0. The Hall–Kier alpha value is -0.530. The van der Waals surface area contributed by atoms with E-state index in [1.165, 1.54) is 0 Å². The Kier molecular flexibility index (Phi) is 5.90. The van der Waals surface area contributed by atoms with E-state index >= 15 is 0 Å². The lowest BCUT2D eigenvalue weighted by molar-refractivity contribution is -0.146. The summed E-state index contributed by atoms with van der Waals surface area (Å²) in [6.07, 6.45) is 3.00. The third kappa shape index (κ3) is 7.37. The van der Waals surface area contributed by atoms with Crippen LogP contribution < -0.4 is 0 Å². The molecule has 0 rings (SSSR count). The molecule has 0 aliphatic carbocycles. The summed E-state index contributed by atoms with van der Waals surface area (Å²) in [5.41, 5.74) is 0. The molecule has 2 heteroatoms. The number of unbranched alkanes of at least 4 members (excludes halogenated alkanes) is 2. The number of ether oxygens (including phenoxy) is 1. The highest BCUT2D eigenvalue weighted by Gasteiger charge is 1.99. The first-order chi connectivity index (χ1) is 5.16. The number of hydrogen-bond donors (Lipinski definition) is 0. The van der Waals surface area contributed by atoms with Gasteiger partial charge in [-0.05, 0) is 12.5 Å². The Bertz CT molecular complexity index is 108. The van der Waals surface area contributed by atoms with Crippen LogP contribution in [0.25, 0.3) is 0 Å². The zero-order chi connectivity index (χ0) is 8.69. The summed E-state index contributed by atoms with van der Waals surface area (Å²) < 4.78 is 4.83. The summed E-state index contributed by atoms with van der Waals surface area (Å²) in [6, 6.07) is 0. The average Bonchev–Trinajstić information content (AvgIpc) is 1.86. The van der Waals surface area contributed by atoms with Gasteiger partial charge in [-0.25, -0.2) is 0 Å². The van der Waals surface area contributed by atoms with E-state index in [9.17, 15) is 4.79 Å². The summed E-state index contributed by atoms with van der Waals surface area (Å²) in [6.45, 7) is 8.98. The van der Waals surface area contributed by atoms with E-state index in [1.807, 2.05) is 0 Å². The van der Waals surface area contributed by atoms with Crippen molar-refractivity contribution in [2.45, 2.75) is 38.7 Å². The molecule has 0 aliphatic heterocycles. The number of hydrogen-bond acceptors (Lipinski definition) is 2. The van der Waals surface area contributed by atoms with E-state index < -0.39 is 0 Å². The average molecular weight is 156 g/mol. The molecule has 0 aromatic rings. The fourth-order valence-corrected chi connectivity index (χ4v) is 0.729. The van der Waals surface area contributed by atoms with Crippen LogP contribution in [0.1, 0.15) is 32.6 Å². The third-order valence-corrected chi connectivity index (χ3v) is 1.21. The van der Waals surface area contributed by atoms with Gasteiger partial charge in [-0.15, -0.1) is 0 Å². The Labute approximate surface area is 68.9 Å². The quantitative estimate of drug-likeness (QED) is 0.346. The largest absolute Gasteiger partial charge is 0.496 e. The predicted molar refractivity (Wildman–Crippen MR) is 44.7 cm³/mol. The number of esters is 1. The second-order valence-electron chi connectivity index (χ2n) is 2.61. The number of carbonyl (C=O) groups excluding carboxylic acids is 1. The van der Waals surface area contributed by atoms with Gasteiger partial charge in [0.15, 0.2) is 0 Å². The molecule has 0 aromatic heterocycles. The first kappa shape index (κ1) is 10.5. The first-order valence-electron chi connectivity index (χ1n) is 3.98.